The van der Waals surface area contributed by atoms with Gasteiger partial charge in [0, 0.05) is 26.2 Å². The van der Waals surface area contributed by atoms with E-state index in [0.717, 1.165) is 52.6 Å². The van der Waals surface area contributed by atoms with E-state index in [-0.39, 0.29) is 0 Å². The van der Waals surface area contributed by atoms with Crippen LogP contribution in [0.3, 0.4) is 0 Å². The highest BCUT2D eigenvalue weighted by molar-refractivity contribution is 4.54. The Morgan fingerprint density at radius 3 is 1.06 bits per heavy atom. The standard InChI is InChI=1S/2C5H11NO.C4H10/c2*1-6-2-4-7-5-3-6;1-3-4-2/h2*2-5H2,1H3;3-4H2,1-2H3. The summed E-state index contributed by atoms with van der Waals surface area (Å²) < 4.78 is 10.2. The van der Waals surface area contributed by atoms with Crippen LogP contribution in [0, 0.1) is 0 Å². The third kappa shape index (κ3) is 12.3. The summed E-state index contributed by atoms with van der Waals surface area (Å²) in [4.78, 5) is 4.53. The number of likely N-dealkylation sites (N-methyl/N-ethyl adjacent to an activating group) is 2. The van der Waals surface area contributed by atoms with Gasteiger partial charge in [-0.25, -0.2) is 0 Å². The van der Waals surface area contributed by atoms with E-state index < -0.39 is 0 Å². The third-order valence-electron chi connectivity index (χ3n) is 2.97. The number of ether oxygens (including phenoxy) is 2. The highest BCUT2D eigenvalue weighted by Gasteiger charge is 2.02. The molecule has 2 aliphatic heterocycles. The van der Waals surface area contributed by atoms with Crippen LogP contribution in [0.4, 0.5) is 0 Å². The molecule has 0 amide bonds. The monoisotopic (exact) mass is 260 g/mol. The summed E-state index contributed by atoms with van der Waals surface area (Å²) in [6, 6.07) is 0. The first kappa shape index (κ1) is 17.8. The minimum atomic E-state index is 0.913. The number of rotatable bonds is 1. The molecule has 2 rings (SSSR count). The van der Waals surface area contributed by atoms with Crippen LogP contribution >= 0.6 is 0 Å². The summed E-state index contributed by atoms with van der Waals surface area (Å²) >= 11 is 0. The largest absolute Gasteiger partial charge is 0.379 e. The molecule has 2 heterocycles. The summed E-state index contributed by atoms with van der Waals surface area (Å²) in [5, 5.41) is 0. The maximum atomic E-state index is 5.10. The number of hydrogen-bond donors (Lipinski definition) is 0. The van der Waals surface area contributed by atoms with Gasteiger partial charge in [-0.05, 0) is 14.1 Å². The minimum absolute atomic E-state index is 0.913. The second-order valence-electron chi connectivity index (χ2n) is 4.83. The number of hydrogen-bond acceptors (Lipinski definition) is 4. The second kappa shape index (κ2) is 13.3. The quantitative estimate of drug-likeness (QED) is 0.716. The van der Waals surface area contributed by atoms with Crippen molar-refractivity contribution in [2.45, 2.75) is 26.7 Å². The summed E-state index contributed by atoms with van der Waals surface area (Å²) in [6.45, 7) is 12.4. The van der Waals surface area contributed by atoms with E-state index in [0.29, 0.717) is 0 Å². The number of morpholine rings is 2. The zero-order valence-electron chi connectivity index (χ0n) is 12.8. The molecule has 0 bridgehead atoms. The Morgan fingerprint density at radius 1 is 0.667 bits per heavy atom. The van der Waals surface area contributed by atoms with Crippen LogP contribution in [0.2, 0.25) is 0 Å². The molecule has 0 aromatic rings. The van der Waals surface area contributed by atoms with Crippen LogP contribution in [0.25, 0.3) is 0 Å². The molecule has 110 valence electrons. The van der Waals surface area contributed by atoms with Gasteiger partial charge in [0.2, 0.25) is 0 Å². The lowest BCUT2D eigenvalue weighted by molar-refractivity contribution is 0.0502. The van der Waals surface area contributed by atoms with Gasteiger partial charge in [0.25, 0.3) is 0 Å². The fourth-order valence-electron chi connectivity index (χ4n) is 1.31. The Hall–Kier alpha value is -0.160. The molecule has 0 unspecified atom stereocenters. The van der Waals surface area contributed by atoms with Crippen molar-refractivity contribution in [3.05, 3.63) is 0 Å². The topological polar surface area (TPSA) is 24.9 Å². The molecule has 0 N–H and O–H groups in total. The molecule has 2 aliphatic rings. The molecule has 18 heavy (non-hydrogen) atoms. The minimum Gasteiger partial charge on any atom is -0.379 e. The summed E-state index contributed by atoms with van der Waals surface area (Å²) in [5.41, 5.74) is 0. The van der Waals surface area contributed by atoms with Crippen LogP contribution < -0.4 is 0 Å². The average Bonchev–Trinajstić information content (AvgIpc) is 2.41. The van der Waals surface area contributed by atoms with Crippen molar-refractivity contribution in [1.29, 1.82) is 0 Å². The van der Waals surface area contributed by atoms with Crippen LogP contribution in [-0.4, -0.2) is 76.5 Å². The smallest absolute Gasteiger partial charge is 0.0594 e. The van der Waals surface area contributed by atoms with E-state index in [2.05, 4.69) is 37.7 Å². The van der Waals surface area contributed by atoms with Crippen LogP contribution in [0.15, 0.2) is 0 Å². The van der Waals surface area contributed by atoms with Crippen LogP contribution in [-0.2, 0) is 9.47 Å². The lowest BCUT2D eigenvalue weighted by atomic mass is 10.4. The van der Waals surface area contributed by atoms with Crippen molar-refractivity contribution in [1.82, 2.24) is 9.80 Å². The Labute approximate surface area is 113 Å². The lowest BCUT2D eigenvalue weighted by Crippen LogP contribution is -2.32. The maximum absolute atomic E-state index is 5.10. The van der Waals surface area contributed by atoms with Gasteiger partial charge in [-0.3, -0.25) is 0 Å². The van der Waals surface area contributed by atoms with Gasteiger partial charge in [-0.2, -0.15) is 0 Å². The zero-order chi connectivity index (χ0) is 13.6. The molecule has 0 radical (unpaired) electrons. The van der Waals surface area contributed by atoms with Crippen molar-refractivity contribution in [3.8, 4) is 0 Å². The Bertz CT molecular complexity index is 138. The third-order valence-corrected chi connectivity index (χ3v) is 2.97. The SMILES string of the molecule is CCCC.CN1CCOCC1.CN1CCOCC1. The summed E-state index contributed by atoms with van der Waals surface area (Å²) in [5.74, 6) is 0. The highest BCUT2D eigenvalue weighted by atomic mass is 16.5. The van der Waals surface area contributed by atoms with Crippen LogP contribution in [0.1, 0.15) is 26.7 Å². The van der Waals surface area contributed by atoms with E-state index in [1.807, 2.05) is 0 Å². The molecular formula is C14H32N2O2. The molecule has 4 heteroatoms. The Morgan fingerprint density at radius 2 is 0.944 bits per heavy atom. The van der Waals surface area contributed by atoms with Crippen LogP contribution in [0.5, 0.6) is 0 Å². The van der Waals surface area contributed by atoms with E-state index in [1.165, 1.54) is 12.8 Å². The molecule has 0 aromatic heterocycles. The first-order valence-corrected chi connectivity index (χ1v) is 7.23. The van der Waals surface area contributed by atoms with Gasteiger partial charge in [0.15, 0.2) is 0 Å². The van der Waals surface area contributed by atoms with Gasteiger partial charge >= 0.3 is 0 Å². The van der Waals surface area contributed by atoms with Gasteiger partial charge in [-0.15, -0.1) is 0 Å². The molecule has 0 saturated carbocycles. The normalized spacial score (nSPS) is 21.3. The molecule has 0 aromatic carbocycles. The first-order valence-electron chi connectivity index (χ1n) is 7.23. The van der Waals surface area contributed by atoms with Gasteiger partial charge in [0.05, 0.1) is 26.4 Å². The molecule has 0 aliphatic carbocycles. The summed E-state index contributed by atoms with van der Waals surface area (Å²) in [6.07, 6.45) is 2.64. The fraction of sp³-hybridized carbons (Fsp3) is 1.00. The first-order chi connectivity index (χ1) is 8.70. The van der Waals surface area contributed by atoms with Crippen molar-refractivity contribution >= 4 is 0 Å². The van der Waals surface area contributed by atoms with Crippen molar-refractivity contribution < 1.29 is 9.47 Å². The second-order valence-corrected chi connectivity index (χ2v) is 4.83. The molecule has 4 nitrogen and oxygen atoms in total. The Kier molecular flexibility index (Phi) is 13.2. The lowest BCUT2D eigenvalue weighted by Gasteiger charge is -2.21. The van der Waals surface area contributed by atoms with E-state index in [9.17, 15) is 0 Å². The molecule has 0 atom stereocenters. The van der Waals surface area contributed by atoms with Gasteiger partial charge in [-0.1, -0.05) is 26.7 Å². The van der Waals surface area contributed by atoms with Crippen molar-refractivity contribution in [3.63, 3.8) is 0 Å². The predicted octanol–water partition coefficient (Wildman–Crippen LogP) is 1.70. The van der Waals surface area contributed by atoms with Gasteiger partial charge < -0.3 is 19.3 Å². The fourth-order valence-corrected chi connectivity index (χ4v) is 1.31. The average molecular weight is 260 g/mol. The van der Waals surface area contributed by atoms with E-state index in [1.54, 1.807) is 0 Å². The zero-order valence-corrected chi connectivity index (χ0v) is 12.8. The predicted molar refractivity (Wildman–Crippen MR) is 77.2 cm³/mol. The number of unbranched alkanes of at least 4 members (excludes halogenated alkanes) is 1. The Balaban J connectivity index is 0.000000253. The molecule has 0 spiro atoms. The highest BCUT2D eigenvalue weighted by Crippen LogP contribution is 1.90. The maximum Gasteiger partial charge on any atom is 0.0594 e. The number of nitrogens with zero attached hydrogens (tertiary/aromatic N) is 2. The molecular weight excluding hydrogens is 228 g/mol. The molecule has 2 saturated heterocycles. The van der Waals surface area contributed by atoms with Gasteiger partial charge in [0.1, 0.15) is 0 Å². The van der Waals surface area contributed by atoms with E-state index in [4.69, 9.17) is 9.47 Å². The summed E-state index contributed by atoms with van der Waals surface area (Å²) in [7, 11) is 4.23. The molecule has 2 fully saturated rings. The van der Waals surface area contributed by atoms with Crippen molar-refractivity contribution in [2.75, 3.05) is 66.7 Å². The van der Waals surface area contributed by atoms with E-state index >= 15 is 0 Å². The van der Waals surface area contributed by atoms with Crippen molar-refractivity contribution in [2.24, 2.45) is 0 Å².